The molecule has 0 radical (unpaired) electrons. The summed E-state index contributed by atoms with van der Waals surface area (Å²) >= 11 is 0. The first kappa shape index (κ1) is 52.1. The van der Waals surface area contributed by atoms with Crippen LogP contribution < -0.4 is 9.80 Å². The van der Waals surface area contributed by atoms with Crippen LogP contribution in [-0.2, 0) is 34.9 Å². The van der Waals surface area contributed by atoms with Gasteiger partial charge in [0.25, 0.3) is 0 Å². The Hall–Kier alpha value is -5.74. The maximum Gasteiger partial charge on any atom is 0.416 e. The number of rotatable bonds is 12. The molecule has 1 N–H and O–H groups in total. The van der Waals surface area contributed by atoms with E-state index in [0.29, 0.717) is 46.4 Å². The number of cyclic esters (lactones) is 2. The summed E-state index contributed by atoms with van der Waals surface area (Å²) in [6.07, 6.45) is 3.15. The van der Waals surface area contributed by atoms with Crippen LogP contribution in [0.4, 0.5) is 47.6 Å². The molecule has 380 valence electrons. The second-order valence-electron chi connectivity index (χ2n) is 19.4. The Morgan fingerprint density at radius 1 is 0.586 bits per heavy atom. The monoisotopic (exact) mass is 980 g/mol. The van der Waals surface area contributed by atoms with Gasteiger partial charge in [0.05, 0.1) is 42.5 Å². The number of ether oxygens (including phenoxy) is 2. The molecule has 70 heavy (non-hydrogen) atoms. The average Bonchev–Trinajstić information content (AvgIpc) is 3.76. The Kier molecular flexibility index (Phi) is 16.2. The van der Waals surface area contributed by atoms with Gasteiger partial charge in [0.15, 0.2) is 0 Å². The minimum Gasteiger partial charge on any atom is -0.506 e. The van der Waals surface area contributed by atoms with Gasteiger partial charge in [-0.25, -0.2) is 19.6 Å². The third-order valence-corrected chi connectivity index (χ3v) is 14.2. The van der Waals surface area contributed by atoms with Gasteiger partial charge in [-0.05, 0) is 127 Å². The van der Waals surface area contributed by atoms with Crippen molar-refractivity contribution in [3.63, 3.8) is 0 Å². The van der Waals surface area contributed by atoms with Crippen molar-refractivity contribution in [1.82, 2.24) is 19.8 Å². The predicted molar refractivity (Wildman–Crippen MR) is 255 cm³/mol. The fraction of sp³-hybridized carbons (Fsp3) is 0.547. The van der Waals surface area contributed by atoms with Crippen LogP contribution in [0.15, 0.2) is 60.9 Å². The summed E-state index contributed by atoms with van der Waals surface area (Å²) in [4.78, 5) is 42.7. The molecule has 4 heterocycles. The van der Waals surface area contributed by atoms with Gasteiger partial charge < -0.3 is 24.4 Å². The van der Waals surface area contributed by atoms with E-state index in [1.807, 2.05) is 20.0 Å². The van der Waals surface area contributed by atoms with E-state index in [9.17, 15) is 41.0 Å². The quantitative estimate of drug-likeness (QED) is 0.139. The highest BCUT2D eigenvalue weighted by Crippen LogP contribution is 2.41. The first-order valence-electron chi connectivity index (χ1n) is 24.7. The molecule has 4 aromatic rings. The summed E-state index contributed by atoms with van der Waals surface area (Å²) in [5.41, 5.74) is 2.71. The van der Waals surface area contributed by atoms with Crippen LogP contribution in [-0.4, -0.2) is 74.3 Å². The lowest BCUT2D eigenvalue weighted by atomic mass is 9.93. The van der Waals surface area contributed by atoms with Crippen molar-refractivity contribution in [1.29, 1.82) is 0 Å². The number of nitrogens with zero attached hydrogens (tertiary/aromatic N) is 6. The summed E-state index contributed by atoms with van der Waals surface area (Å²) in [5, 5.41) is 10.2. The highest BCUT2D eigenvalue weighted by atomic mass is 19.4. The summed E-state index contributed by atoms with van der Waals surface area (Å²) in [6.45, 7) is 14.9. The van der Waals surface area contributed by atoms with E-state index in [4.69, 9.17) is 14.5 Å². The van der Waals surface area contributed by atoms with E-state index in [1.54, 1.807) is 43.9 Å². The van der Waals surface area contributed by atoms with Crippen molar-refractivity contribution < 1.29 is 50.5 Å². The van der Waals surface area contributed by atoms with Crippen molar-refractivity contribution >= 4 is 23.8 Å². The Morgan fingerprint density at radius 2 is 0.986 bits per heavy atom. The van der Waals surface area contributed by atoms with Crippen LogP contribution in [0, 0.1) is 20.8 Å². The van der Waals surface area contributed by atoms with E-state index in [-0.39, 0.29) is 12.3 Å². The zero-order valence-electron chi connectivity index (χ0n) is 41.2. The molecule has 2 amide bonds. The molecule has 2 aromatic heterocycles. The smallest absolute Gasteiger partial charge is 0.416 e. The molecular weight excluding hydrogens is 915 g/mol. The third-order valence-electron chi connectivity index (χ3n) is 14.2. The predicted octanol–water partition coefficient (Wildman–Crippen LogP) is 13.3. The van der Waals surface area contributed by atoms with E-state index >= 15 is 0 Å². The number of carbonyl (C=O) groups excluding carboxylic acids is 2. The molecule has 0 spiro atoms. The van der Waals surface area contributed by atoms with Gasteiger partial charge in [-0.1, -0.05) is 61.8 Å². The summed E-state index contributed by atoms with van der Waals surface area (Å²) in [5.74, 6) is 1.59. The molecule has 4 fully saturated rings. The van der Waals surface area contributed by atoms with Crippen LogP contribution in [0.25, 0.3) is 0 Å². The first-order chi connectivity index (χ1) is 33.2. The number of aryl methyl sites for hydroxylation is 3. The summed E-state index contributed by atoms with van der Waals surface area (Å²) in [6, 6.07) is 11.1. The largest absolute Gasteiger partial charge is 0.506 e. The molecule has 2 saturated heterocycles. The Morgan fingerprint density at radius 3 is 1.39 bits per heavy atom. The standard InChI is InChI=1S/C27H34F3N3O2.C26H32F3N3O3/c1-5-32(23-9-7-6-8-10-23)25-21(12-18(3)15-31-25)16-33-19(4)24(35-26(33)34)20-11-17(2)13-22(14-20)27(28,29)30;1-4-31(21-8-6-5-7-9-21)24-19(13-22(33)14-30-24)15-32-17(3)23(35-25(32)34)18-10-16(2)11-20(12-18)26(27,28)29/h11-15,19,23-24H,5-10,16H2,1-4H3;10-14,17,21,23,33H,4-9,15H2,1-3H3/t19-,24-;17-,23-/m00/s1. The topological polar surface area (TPSA) is 112 Å². The molecule has 2 aliphatic heterocycles. The van der Waals surface area contributed by atoms with Crippen LogP contribution in [0.1, 0.15) is 154 Å². The number of aromatic hydroxyl groups is 1. The lowest BCUT2D eigenvalue weighted by molar-refractivity contribution is -0.138. The van der Waals surface area contributed by atoms with Gasteiger partial charge >= 0.3 is 24.5 Å². The normalized spacial score (nSPS) is 21.3. The van der Waals surface area contributed by atoms with Crippen LogP contribution in [0.5, 0.6) is 5.75 Å². The van der Waals surface area contributed by atoms with Crippen molar-refractivity contribution in [3.05, 3.63) is 111 Å². The molecule has 2 saturated carbocycles. The molecule has 0 unspecified atom stereocenters. The van der Waals surface area contributed by atoms with Crippen molar-refractivity contribution in [2.75, 3.05) is 22.9 Å². The van der Waals surface area contributed by atoms with E-state index < -0.39 is 60.0 Å². The number of anilines is 2. The van der Waals surface area contributed by atoms with Crippen molar-refractivity contribution in [3.8, 4) is 5.75 Å². The number of hydrogen-bond donors (Lipinski definition) is 1. The molecule has 2 aromatic carbocycles. The van der Waals surface area contributed by atoms with E-state index in [1.165, 1.54) is 36.8 Å². The SMILES string of the molecule is CCN(c1ncc(C)cc1CN1C(=O)O[C@H](c2cc(C)cc(C(F)(F)F)c2)[C@@H]1C)C1CCCCC1.CCN(c1ncc(O)cc1CN1C(=O)O[C@H](c2cc(C)cc(C(F)(F)F)c2)[C@@H]1C)C1CCCCC1. The third kappa shape index (κ3) is 11.9. The minimum atomic E-state index is -4.49. The Balaban J connectivity index is 0.000000206. The molecule has 11 nitrogen and oxygen atoms in total. The highest BCUT2D eigenvalue weighted by Gasteiger charge is 2.43. The number of halogens is 6. The molecule has 0 bridgehead atoms. The van der Waals surface area contributed by atoms with Gasteiger partial charge in [0, 0.05) is 42.5 Å². The molecule has 17 heteroatoms. The van der Waals surface area contributed by atoms with Gasteiger partial charge in [-0.2, -0.15) is 26.3 Å². The molecule has 4 aliphatic rings. The minimum absolute atomic E-state index is 0.00582. The van der Waals surface area contributed by atoms with Crippen LogP contribution >= 0.6 is 0 Å². The van der Waals surface area contributed by atoms with Gasteiger partial charge in [-0.15, -0.1) is 0 Å². The second kappa shape index (κ2) is 21.7. The van der Waals surface area contributed by atoms with Gasteiger partial charge in [-0.3, -0.25) is 9.80 Å². The lowest BCUT2D eigenvalue weighted by Gasteiger charge is -2.36. The Bertz CT molecular complexity index is 2300. The summed E-state index contributed by atoms with van der Waals surface area (Å²) in [7, 11) is 0. The number of alkyl halides is 6. The second-order valence-corrected chi connectivity index (χ2v) is 19.4. The fourth-order valence-electron chi connectivity index (χ4n) is 10.8. The number of pyridine rings is 2. The average molecular weight is 981 g/mol. The zero-order chi connectivity index (χ0) is 50.7. The summed E-state index contributed by atoms with van der Waals surface area (Å²) < 4.78 is 91.4. The van der Waals surface area contributed by atoms with E-state index in [2.05, 4.69) is 34.7 Å². The Labute approximate surface area is 407 Å². The number of aromatic nitrogens is 2. The molecule has 8 rings (SSSR count). The van der Waals surface area contributed by atoms with Crippen LogP contribution in [0.3, 0.4) is 0 Å². The molecular formula is C53H66F6N6O5. The highest BCUT2D eigenvalue weighted by molar-refractivity contribution is 5.72. The molecule has 2 aliphatic carbocycles. The number of carbonyl (C=O) groups is 2. The fourth-order valence-corrected chi connectivity index (χ4v) is 10.8. The van der Waals surface area contributed by atoms with Gasteiger partial charge in [0.2, 0.25) is 0 Å². The lowest BCUT2D eigenvalue weighted by Crippen LogP contribution is -2.39. The van der Waals surface area contributed by atoms with Crippen molar-refractivity contribution in [2.45, 2.75) is 174 Å². The first-order valence-corrected chi connectivity index (χ1v) is 24.7. The van der Waals surface area contributed by atoms with Gasteiger partial charge in [0.1, 0.15) is 29.6 Å². The zero-order valence-corrected chi connectivity index (χ0v) is 41.2. The molecule has 4 atom stereocenters. The van der Waals surface area contributed by atoms with Crippen molar-refractivity contribution in [2.24, 2.45) is 0 Å². The number of hydrogen-bond acceptors (Lipinski definition) is 9. The van der Waals surface area contributed by atoms with E-state index in [0.717, 1.165) is 98.6 Å². The van der Waals surface area contributed by atoms with Crippen LogP contribution in [0.2, 0.25) is 0 Å². The number of benzene rings is 2. The maximum absolute atomic E-state index is 13.4. The maximum atomic E-state index is 13.4. The number of amides is 2.